The minimum absolute atomic E-state index is 0.00376. The molecule has 1 aliphatic heterocycles. The van der Waals surface area contributed by atoms with Crippen LogP contribution in [0.1, 0.15) is 17.5 Å². The maximum Gasteiger partial charge on any atom is 0.243 e. The van der Waals surface area contributed by atoms with Crippen molar-refractivity contribution in [1.29, 1.82) is 0 Å². The second-order valence-electron chi connectivity index (χ2n) is 6.46. The lowest BCUT2D eigenvalue weighted by atomic mass is 10.2. The highest BCUT2D eigenvalue weighted by Gasteiger charge is 2.30. The fourth-order valence-corrected chi connectivity index (χ4v) is 4.75. The molecular formula is C17H23N5O3S. The summed E-state index contributed by atoms with van der Waals surface area (Å²) < 4.78 is 28.8. The van der Waals surface area contributed by atoms with Crippen LogP contribution in [0, 0.1) is 13.8 Å². The standard InChI is InChI=1S/C17H23N5O3S/c1-14-3-4-16(15(2)11-14)26(24,25)22-9-7-20(8-10-22)17(23)5-6-21-13-18-12-19-21/h3-4,11-13H,5-10H2,1-2H3. The first-order valence-corrected chi connectivity index (χ1v) is 9.99. The van der Waals surface area contributed by atoms with E-state index in [1.807, 2.05) is 26.0 Å². The monoisotopic (exact) mass is 377 g/mol. The van der Waals surface area contributed by atoms with Crippen LogP contribution in [0.15, 0.2) is 35.7 Å². The summed E-state index contributed by atoms with van der Waals surface area (Å²) in [4.78, 5) is 18.2. The Balaban J connectivity index is 1.59. The lowest BCUT2D eigenvalue weighted by molar-refractivity contribution is -0.132. The predicted octanol–water partition coefficient (Wildman–Crippen LogP) is 0.818. The minimum Gasteiger partial charge on any atom is -0.340 e. The van der Waals surface area contributed by atoms with Gasteiger partial charge in [-0.1, -0.05) is 17.7 Å². The fourth-order valence-electron chi connectivity index (χ4n) is 3.12. The number of aryl methyl sites for hydroxylation is 3. The first-order chi connectivity index (χ1) is 12.4. The van der Waals surface area contributed by atoms with Gasteiger partial charge in [0, 0.05) is 32.6 Å². The maximum atomic E-state index is 12.9. The van der Waals surface area contributed by atoms with Crippen molar-refractivity contribution in [3.8, 4) is 0 Å². The third-order valence-electron chi connectivity index (χ3n) is 4.56. The van der Waals surface area contributed by atoms with Crippen molar-refractivity contribution >= 4 is 15.9 Å². The van der Waals surface area contributed by atoms with Crippen LogP contribution < -0.4 is 0 Å². The van der Waals surface area contributed by atoms with E-state index in [0.29, 0.717) is 44.0 Å². The van der Waals surface area contributed by atoms with Crippen LogP contribution in [-0.4, -0.2) is 64.5 Å². The summed E-state index contributed by atoms with van der Waals surface area (Å²) in [6, 6.07) is 5.34. The van der Waals surface area contributed by atoms with Gasteiger partial charge < -0.3 is 4.90 Å². The van der Waals surface area contributed by atoms with Gasteiger partial charge in [-0.15, -0.1) is 0 Å². The van der Waals surface area contributed by atoms with Crippen LogP contribution in [-0.2, 0) is 21.4 Å². The summed E-state index contributed by atoms with van der Waals surface area (Å²) in [6.45, 7) is 5.65. The van der Waals surface area contributed by atoms with E-state index in [9.17, 15) is 13.2 Å². The SMILES string of the molecule is Cc1ccc(S(=O)(=O)N2CCN(C(=O)CCn3cncn3)CC2)c(C)c1. The molecule has 140 valence electrons. The van der Waals surface area contributed by atoms with Crippen LogP contribution in [0.5, 0.6) is 0 Å². The molecule has 1 amide bonds. The van der Waals surface area contributed by atoms with E-state index in [1.165, 1.54) is 10.6 Å². The van der Waals surface area contributed by atoms with Crippen LogP contribution >= 0.6 is 0 Å². The molecule has 1 saturated heterocycles. The highest BCUT2D eigenvalue weighted by Crippen LogP contribution is 2.22. The zero-order chi connectivity index (χ0) is 18.7. The summed E-state index contributed by atoms with van der Waals surface area (Å²) >= 11 is 0. The van der Waals surface area contributed by atoms with Crippen molar-refractivity contribution in [2.45, 2.75) is 31.7 Å². The van der Waals surface area contributed by atoms with Crippen LogP contribution in [0.4, 0.5) is 0 Å². The number of benzene rings is 1. The third kappa shape index (κ3) is 3.94. The first kappa shape index (κ1) is 18.5. The molecule has 0 aliphatic carbocycles. The number of sulfonamides is 1. The molecule has 8 nitrogen and oxygen atoms in total. The summed E-state index contributed by atoms with van der Waals surface area (Å²) in [5.41, 5.74) is 1.78. The minimum atomic E-state index is -3.53. The Morgan fingerprint density at radius 2 is 1.88 bits per heavy atom. The number of piperazine rings is 1. The van der Waals surface area contributed by atoms with Crippen LogP contribution in [0.3, 0.4) is 0 Å². The summed E-state index contributed by atoms with van der Waals surface area (Å²) in [5.74, 6) is 0.00376. The van der Waals surface area contributed by atoms with E-state index >= 15 is 0 Å². The molecule has 0 saturated carbocycles. The number of nitrogens with zero attached hydrogens (tertiary/aromatic N) is 5. The second-order valence-corrected chi connectivity index (χ2v) is 8.37. The molecule has 0 bridgehead atoms. The van der Waals surface area contributed by atoms with E-state index in [4.69, 9.17) is 0 Å². The Morgan fingerprint density at radius 3 is 2.50 bits per heavy atom. The molecule has 26 heavy (non-hydrogen) atoms. The smallest absolute Gasteiger partial charge is 0.243 e. The van der Waals surface area contributed by atoms with Gasteiger partial charge in [-0.05, 0) is 25.5 Å². The van der Waals surface area contributed by atoms with Gasteiger partial charge in [0.1, 0.15) is 12.7 Å². The van der Waals surface area contributed by atoms with Gasteiger partial charge in [-0.3, -0.25) is 9.48 Å². The van der Waals surface area contributed by atoms with Gasteiger partial charge in [-0.25, -0.2) is 13.4 Å². The summed E-state index contributed by atoms with van der Waals surface area (Å²) in [6.07, 6.45) is 3.33. The Labute approximate surface area is 153 Å². The number of carbonyl (C=O) groups excluding carboxylic acids is 1. The molecule has 0 radical (unpaired) electrons. The van der Waals surface area contributed by atoms with Gasteiger partial charge in [0.25, 0.3) is 0 Å². The van der Waals surface area contributed by atoms with E-state index in [1.54, 1.807) is 22.0 Å². The highest BCUT2D eigenvalue weighted by molar-refractivity contribution is 7.89. The normalized spacial score (nSPS) is 16.0. The zero-order valence-corrected chi connectivity index (χ0v) is 15.8. The number of rotatable bonds is 5. The molecule has 9 heteroatoms. The van der Waals surface area contributed by atoms with Gasteiger partial charge in [0.05, 0.1) is 11.4 Å². The Morgan fingerprint density at radius 1 is 1.15 bits per heavy atom. The number of amides is 1. The number of hydrogen-bond donors (Lipinski definition) is 0. The molecule has 0 N–H and O–H groups in total. The lowest BCUT2D eigenvalue weighted by Gasteiger charge is -2.34. The molecule has 2 heterocycles. The molecule has 2 aromatic rings. The predicted molar refractivity (Wildman–Crippen MR) is 95.9 cm³/mol. The number of carbonyl (C=O) groups is 1. The van der Waals surface area contributed by atoms with Crippen molar-refractivity contribution < 1.29 is 13.2 Å². The molecule has 1 aromatic heterocycles. The van der Waals surface area contributed by atoms with E-state index in [-0.39, 0.29) is 5.91 Å². The largest absolute Gasteiger partial charge is 0.340 e. The van der Waals surface area contributed by atoms with E-state index < -0.39 is 10.0 Å². The quantitative estimate of drug-likeness (QED) is 0.770. The molecular weight excluding hydrogens is 354 g/mol. The lowest BCUT2D eigenvalue weighted by Crippen LogP contribution is -2.50. The third-order valence-corrected chi connectivity index (χ3v) is 6.62. The molecule has 0 unspecified atom stereocenters. The van der Waals surface area contributed by atoms with Crippen LogP contribution in [0.25, 0.3) is 0 Å². The average molecular weight is 377 g/mol. The second kappa shape index (κ2) is 7.55. The molecule has 0 atom stereocenters. The zero-order valence-electron chi connectivity index (χ0n) is 15.0. The first-order valence-electron chi connectivity index (χ1n) is 8.55. The van der Waals surface area contributed by atoms with E-state index in [2.05, 4.69) is 10.1 Å². The molecule has 1 fully saturated rings. The topological polar surface area (TPSA) is 88.4 Å². The van der Waals surface area contributed by atoms with Crippen LogP contribution in [0.2, 0.25) is 0 Å². The van der Waals surface area contributed by atoms with Gasteiger partial charge in [0.15, 0.2) is 0 Å². The van der Waals surface area contributed by atoms with Crippen molar-refractivity contribution in [1.82, 2.24) is 24.0 Å². The van der Waals surface area contributed by atoms with Gasteiger partial charge in [-0.2, -0.15) is 9.40 Å². The van der Waals surface area contributed by atoms with Crippen molar-refractivity contribution in [3.63, 3.8) is 0 Å². The Kier molecular flexibility index (Phi) is 5.38. The number of aromatic nitrogens is 3. The summed E-state index contributed by atoms with van der Waals surface area (Å²) in [7, 11) is -3.53. The van der Waals surface area contributed by atoms with Crippen molar-refractivity contribution in [2.75, 3.05) is 26.2 Å². The molecule has 1 aliphatic rings. The van der Waals surface area contributed by atoms with Gasteiger partial charge in [0.2, 0.25) is 15.9 Å². The molecule has 3 rings (SSSR count). The highest BCUT2D eigenvalue weighted by atomic mass is 32.2. The summed E-state index contributed by atoms with van der Waals surface area (Å²) in [5, 5.41) is 3.97. The fraction of sp³-hybridized carbons (Fsp3) is 0.471. The number of hydrogen-bond acceptors (Lipinski definition) is 5. The Bertz CT molecular complexity index is 872. The maximum absolute atomic E-state index is 12.9. The van der Waals surface area contributed by atoms with Gasteiger partial charge >= 0.3 is 0 Å². The molecule has 0 spiro atoms. The van der Waals surface area contributed by atoms with Crippen molar-refractivity contribution in [2.24, 2.45) is 0 Å². The Hall–Kier alpha value is -2.26. The average Bonchev–Trinajstić information content (AvgIpc) is 3.13. The van der Waals surface area contributed by atoms with E-state index in [0.717, 1.165) is 11.1 Å². The van der Waals surface area contributed by atoms with Crippen molar-refractivity contribution in [3.05, 3.63) is 42.0 Å². The molecule has 1 aromatic carbocycles.